The third-order valence-electron chi connectivity index (χ3n) is 3.05. The molecule has 0 unspecified atom stereocenters. The van der Waals surface area contributed by atoms with E-state index in [0.717, 1.165) is 0 Å². The van der Waals surface area contributed by atoms with E-state index in [1.165, 1.54) is 0 Å². The number of rotatable bonds is 2. The third-order valence-corrected chi connectivity index (χ3v) is 3.05. The number of carboxylic acid groups (broad SMARTS) is 1. The van der Waals surface area contributed by atoms with Gasteiger partial charge in [-0.15, -0.1) is 0 Å². The number of hydrogen-bond acceptors (Lipinski definition) is 3. The maximum Gasteiger partial charge on any atom is 0.307 e. The van der Waals surface area contributed by atoms with Crippen LogP contribution in [0.2, 0.25) is 0 Å². The minimum Gasteiger partial charge on any atom is -0.481 e. The van der Waals surface area contributed by atoms with E-state index in [1.54, 1.807) is 4.90 Å². The van der Waals surface area contributed by atoms with Gasteiger partial charge in [0.15, 0.2) is 0 Å². The van der Waals surface area contributed by atoms with Gasteiger partial charge in [0.25, 0.3) is 0 Å². The molecule has 2 aliphatic rings. The molecule has 1 aliphatic carbocycles. The Hall–Kier alpha value is -1.59. The van der Waals surface area contributed by atoms with Gasteiger partial charge < -0.3 is 15.3 Å². The van der Waals surface area contributed by atoms with E-state index < -0.39 is 11.9 Å². The number of carbonyl (C=O) groups excluding carboxylic acids is 2. The Morgan fingerprint density at radius 1 is 1.31 bits per heavy atom. The summed E-state index contributed by atoms with van der Waals surface area (Å²) in [5.41, 5.74) is 0. The first-order chi connectivity index (χ1) is 7.59. The molecule has 0 spiro atoms. The predicted octanol–water partition coefficient (Wildman–Crippen LogP) is -0.944. The number of aliphatic carboxylic acids is 1. The minimum absolute atomic E-state index is 0.0547. The van der Waals surface area contributed by atoms with Crippen LogP contribution >= 0.6 is 0 Å². The number of carbonyl (C=O) groups is 3. The lowest BCUT2D eigenvalue weighted by Gasteiger charge is -2.19. The second kappa shape index (κ2) is 4.11. The Balaban J connectivity index is 1.90. The number of nitrogens with one attached hydrogen (secondary N) is 1. The van der Waals surface area contributed by atoms with Crippen molar-refractivity contribution in [3.8, 4) is 0 Å². The molecular weight excluding hydrogens is 212 g/mol. The summed E-state index contributed by atoms with van der Waals surface area (Å²) in [5.74, 6) is -1.96. The van der Waals surface area contributed by atoms with Gasteiger partial charge in [0.2, 0.25) is 11.8 Å². The molecule has 2 fully saturated rings. The number of carboxylic acids is 1. The molecule has 0 radical (unpaired) electrons. The molecule has 6 heteroatoms. The van der Waals surface area contributed by atoms with Gasteiger partial charge >= 0.3 is 5.97 Å². The van der Waals surface area contributed by atoms with Gasteiger partial charge in [0.1, 0.15) is 0 Å². The first kappa shape index (κ1) is 10.9. The van der Waals surface area contributed by atoms with Crippen LogP contribution in [0, 0.1) is 11.8 Å². The molecule has 0 aromatic rings. The van der Waals surface area contributed by atoms with Crippen LogP contribution in [0.15, 0.2) is 0 Å². The highest BCUT2D eigenvalue weighted by molar-refractivity contribution is 5.90. The molecule has 2 atom stereocenters. The van der Waals surface area contributed by atoms with E-state index in [2.05, 4.69) is 5.32 Å². The summed E-state index contributed by atoms with van der Waals surface area (Å²) in [6.45, 7) is 1.33. The van der Waals surface area contributed by atoms with Gasteiger partial charge in [0, 0.05) is 26.1 Å². The van der Waals surface area contributed by atoms with Gasteiger partial charge in [-0.25, -0.2) is 0 Å². The van der Waals surface area contributed by atoms with E-state index in [9.17, 15) is 14.4 Å². The molecule has 88 valence electrons. The topological polar surface area (TPSA) is 86.7 Å². The lowest BCUT2D eigenvalue weighted by molar-refractivity contribution is -0.142. The van der Waals surface area contributed by atoms with Crippen LogP contribution in [0.5, 0.6) is 0 Å². The highest BCUT2D eigenvalue weighted by Gasteiger charge is 2.49. The molecule has 2 amide bonds. The van der Waals surface area contributed by atoms with Crippen LogP contribution in [-0.4, -0.2) is 47.4 Å². The number of nitrogens with zero attached hydrogens (tertiary/aromatic N) is 1. The van der Waals surface area contributed by atoms with Crippen LogP contribution in [0.25, 0.3) is 0 Å². The van der Waals surface area contributed by atoms with E-state index >= 15 is 0 Å². The molecule has 2 N–H and O–H groups in total. The van der Waals surface area contributed by atoms with Crippen molar-refractivity contribution < 1.29 is 19.5 Å². The Bertz CT molecular complexity index is 342. The SMILES string of the molecule is O=C1CCN(C(=O)[C@@H]2C[C@@H]2C(=O)O)CCN1. The normalized spacial score (nSPS) is 29.2. The largest absolute Gasteiger partial charge is 0.481 e. The maximum absolute atomic E-state index is 11.9. The Kier molecular flexibility index (Phi) is 2.80. The summed E-state index contributed by atoms with van der Waals surface area (Å²) in [6, 6.07) is 0. The van der Waals surface area contributed by atoms with E-state index in [0.29, 0.717) is 32.5 Å². The quantitative estimate of drug-likeness (QED) is 0.636. The van der Waals surface area contributed by atoms with Gasteiger partial charge in [-0.3, -0.25) is 14.4 Å². The molecule has 16 heavy (non-hydrogen) atoms. The highest BCUT2D eigenvalue weighted by atomic mass is 16.4. The van der Waals surface area contributed by atoms with Crippen molar-refractivity contribution in [3.63, 3.8) is 0 Å². The van der Waals surface area contributed by atoms with Gasteiger partial charge in [-0.2, -0.15) is 0 Å². The molecule has 2 rings (SSSR count). The summed E-state index contributed by atoms with van der Waals surface area (Å²) in [4.78, 5) is 35.2. The lowest BCUT2D eigenvalue weighted by atomic mass is 10.2. The molecule has 0 bridgehead atoms. The smallest absolute Gasteiger partial charge is 0.307 e. The zero-order valence-corrected chi connectivity index (χ0v) is 8.81. The van der Waals surface area contributed by atoms with Crippen LogP contribution < -0.4 is 5.32 Å². The Morgan fingerprint density at radius 2 is 2.06 bits per heavy atom. The molecule has 6 nitrogen and oxygen atoms in total. The number of hydrogen-bond donors (Lipinski definition) is 2. The fourth-order valence-corrected chi connectivity index (χ4v) is 1.96. The van der Waals surface area contributed by atoms with Crippen LogP contribution in [0.1, 0.15) is 12.8 Å². The van der Waals surface area contributed by atoms with Crippen molar-refractivity contribution >= 4 is 17.8 Å². The molecular formula is C10H14N2O4. The summed E-state index contributed by atoms with van der Waals surface area (Å²) < 4.78 is 0. The third kappa shape index (κ3) is 2.15. The fourth-order valence-electron chi connectivity index (χ4n) is 1.96. The molecule has 0 aromatic heterocycles. The predicted molar refractivity (Wildman–Crippen MR) is 53.4 cm³/mol. The monoisotopic (exact) mass is 226 g/mol. The maximum atomic E-state index is 11.9. The van der Waals surface area contributed by atoms with Crippen molar-refractivity contribution in [1.82, 2.24) is 10.2 Å². The minimum atomic E-state index is -0.901. The Morgan fingerprint density at radius 3 is 2.69 bits per heavy atom. The molecule has 1 saturated carbocycles. The van der Waals surface area contributed by atoms with Crippen LogP contribution in [-0.2, 0) is 14.4 Å². The second-order valence-electron chi connectivity index (χ2n) is 4.21. The van der Waals surface area contributed by atoms with Crippen LogP contribution in [0.3, 0.4) is 0 Å². The highest BCUT2D eigenvalue weighted by Crippen LogP contribution is 2.40. The summed E-state index contributed by atoms with van der Waals surface area (Å²) in [7, 11) is 0. The summed E-state index contributed by atoms with van der Waals surface area (Å²) >= 11 is 0. The van der Waals surface area contributed by atoms with Crippen molar-refractivity contribution in [2.75, 3.05) is 19.6 Å². The van der Waals surface area contributed by atoms with Gasteiger partial charge in [-0.05, 0) is 6.42 Å². The first-order valence-electron chi connectivity index (χ1n) is 5.38. The average molecular weight is 226 g/mol. The fraction of sp³-hybridized carbons (Fsp3) is 0.700. The van der Waals surface area contributed by atoms with E-state index in [4.69, 9.17) is 5.11 Å². The molecule has 1 heterocycles. The van der Waals surface area contributed by atoms with Crippen LogP contribution in [0.4, 0.5) is 0 Å². The van der Waals surface area contributed by atoms with Crippen molar-refractivity contribution in [3.05, 3.63) is 0 Å². The first-order valence-corrected chi connectivity index (χ1v) is 5.38. The molecule has 1 aliphatic heterocycles. The molecule has 1 saturated heterocycles. The summed E-state index contributed by atoms with van der Waals surface area (Å²) in [6.07, 6.45) is 0.738. The second-order valence-corrected chi connectivity index (χ2v) is 4.21. The van der Waals surface area contributed by atoms with E-state index in [1.807, 2.05) is 0 Å². The lowest BCUT2D eigenvalue weighted by Crippen LogP contribution is -2.36. The van der Waals surface area contributed by atoms with Crippen molar-refractivity contribution in [2.45, 2.75) is 12.8 Å². The standard InChI is InChI=1S/C10H14N2O4/c13-8-1-3-12(4-2-11-8)9(14)6-5-7(6)10(15)16/h6-7H,1-5H2,(H,11,13)(H,15,16)/t6-,7+/m1/s1. The van der Waals surface area contributed by atoms with Crippen molar-refractivity contribution in [1.29, 1.82) is 0 Å². The summed E-state index contributed by atoms with van der Waals surface area (Å²) in [5, 5.41) is 11.4. The molecule has 0 aromatic carbocycles. The zero-order chi connectivity index (χ0) is 11.7. The van der Waals surface area contributed by atoms with Gasteiger partial charge in [0.05, 0.1) is 11.8 Å². The Labute approximate surface area is 92.6 Å². The zero-order valence-electron chi connectivity index (χ0n) is 8.81. The van der Waals surface area contributed by atoms with Gasteiger partial charge in [-0.1, -0.05) is 0 Å². The average Bonchev–Trinajstić information content (AvgIpc) is 3.00. The van der Waals surface area contributed by atoms with E-state index in [-0.39, 0.29) is 17.7 Å². The van der Waals surface area contributed by atoms with Crippen molar-refractivity contribution in [2.24, 2.45) is 11.8 Å². The number of amides is 2.